The van der Waals surface area contributed by atoms with Gasteiger partial charge in [0.2, 0.25) is 0 Å². The number of carbonyl (C=O) groups excluding carboxylic acids is 1. The number of carbonyl (C=O) groups is 1. The first-order chi connectivity index (χ1) is 15.3. The van der Waals surface area contributed by atoms with Crippen LogP contribution in [0.25, 0.3) is 0 Å². The molecule has 0 saturated carbocycles. The van der Waals surface area contributed by atoms with Crippen LogP contribution in [0.15, 0.2) is 53.6 Å². The molecule has 4 aliphatic rings. The van der Waals surface area contributed by atoms with Crippen molar-refractivity contribution in [1.82, 2.24) is 5.32 Å². The molecule has 172 valence electrons. The molecule has 6 atom stereocenters. The molecular weight excluding hydrogens is 402 g/mol. The summed E-state index contributed by atoms with van der Waals surface area (Å²) in [5.41, 5.74) is 4.02. The summed E-state index contributed by atoms with van der Waals surface area (Å²) in [5.74, 6) is -0.781. The molecule has 0 spiro atoms. The summed E-state index contributed by atoms with van der Waals surface area (Å²) >= 11 is 0. The van der Waals surface area contributed by atoms with Crippen molar-refractivity contribution in [1.29, 1.82) is 0 Å². The highest BCUT2D eigenvalue weighted by molar-refractivity contribution is 5.76. The fourth-order valence-corrected chi connectivity index (χ4v) is 6.05. The Balaban J connectivity index is 1.34. The van der Waals surface area contributed by atoms with Crippen LogP contribution in [0.2, 0.25) is 0 Å². The highest BCUT2D eigenvalue weighted by Crippen LogP contribution is 2.52. The molecule has 2 aliphatic carbocycles. The molecule has 5 heteroatoms. The third kappa shape index (κ3) is 3.95. The van der Waals surface area contributed by atoms with Gasteiger partial charge in [0.05, 0.1) is 18.6 Å². The summed E-state index contributed by atoms with van der Waals surface area (Å²) in [6.07, 6.45) is 7.69. The zero-order valence-corrected chi connectivity index (χ0v) is 19.6. The van der Waals surface area contributed by atoms with Crippen LogP contribution >= 0.6 is 0 Å². The van der Waals surface area contributed by atoms with Gasteiger partial charge in [-0.3, -0.25) is 4.79 Å². The number of nitrogens with one attached hydrogen (secondary N) is 1. The lowest BCUT2D eigenvalue weighted by atomic mass is 9.62. The van der Waals surface area contributed by atoms with Gasteiger partial charge in [0.25, 0.3) is 0 Å². The molecule has 5 rings (SSSR count). The predicted molar refractivity (Wildman–Crippen MR) is 123 cm³/mol. The smallest absolute Gasteiger partial charge is 0.311 e. The van der Waals surface area contributed by atoms with E-state index in [0.717, 1.165) is 24.8 Å². The maximum absolute atomic E-state index is 12.9. The summed E-state index contributed by atoms with van der Waals surface area (Å²) < 4.78 is 18.2. The molecule has 32 heavy (non-hydrogen) atoms. The Morgan fingerprint density at radius 3 is 2.72 bits per heavy atom. The van der Waals surface area contributed by atoms with E-state index in [4.69, 9.17) is 14.2 Å². The molecule has 2 saturated heterocycles. The fraction of sp³-hybridized carbons (Fsp3) is 0.593. The second kappa shape index (κ2) is 8.12. The average Bonchev–Trinajstić information content (AvgIpc) is 3.05. The van der Waals surface area contributed by atoms with Crippen LogP contribution in [-0.2, 0) is 19.0 Å². The molecular formula is C27H35NO4. The van der Waals surface area contributed by atoms with Gasteiger partial charge in [-0.15, -0.1) is 0 Å². The number of hydrogen-bond donors (Lipinski definition) is 1. The van der Waals surface area contributed by atoms with Gasteiger partial charge in [-0.1, -0.05) is 55.0 Å². The Bertz CT molecular complexity index is 936. The van der Waals surface area contributed by atoms with E-state index >= 15 is 0 Å². The van der Waals surface area contributed by atoms with Gasteiger partial charge in [-0.2, -0.15) is 0 Å². The largest absolute Gasteiger partial charge is 0.461 e. The van der Waals surface area contributed by atoms with Crippen LogP contribution < -0.4 is 5.32 Å². The SMILES string of the molecule is CC1=CCC[C@@]2(C)C[C@H]3OC(=O)[C@H](CN[C@@H]4COC(C)(C)O[C@H]4c4ccccc4)[C@@H]3C=C12. The molecule has 2 heterocycles. The van der Waals surface area contributed by atoms with E-state index in [1.54, 1.807) is 0 Å². The van der Waals surface area contributed by atoms with Gasteiger partial charge in [-0.05, 0) is 56.6 Å². The first kappa shape index (κ1) is 21.9. The topological polar surface area (TPSA) is 56.8 Å². The highest BCUT2D eigenvalue weighted by Gasteiger charge is 2.51. The van der Waals surface area contributed by atoms with Gasteiger partial charge < -0.3 is 19.5 Å². The normalized spacial score (nSPS) is 38.2. The molecule has 0 radical (unpaired) electrons. The van der Waals surface area contributed by atoms with Crippen LogP contribution in [0.5, 0.6) is 0 Å². The molecule has 1 aromatic rings. The quantitative estimate of drug-likeness (QED) is 0.692. The van der Waals surface area contributed by atoms with E-state index in [-0.39, 0.29) is 41.5 Å². The van der Waals surface area contributed by atoms with Crippen molar-refractivity contribution in [3.05, 3.63) is 59.2 Å². The first-order valence-electron chi connectivity index (χ1n) is 12.0. The van der Waals surface area contributed by atoms with Crippen molar-refractivity contribution in [2.45, 2.75) is 71.0 Å². The van der Waals surface area contributed by atoms with E-state index in [2.05, 4.69) is 43.4 Å². The number of benzene rings is 1. The Morgan fingerprint density at radius 2 is 1.94 bits per heavy atom. The molecule has 1 aromatic carbocycles. The lowest BCUT2D eigenvalue weighted by molar-refractivity contribution is -0.285. The van der Waals surface area contributed by atoms with Crippen molar-refractivity contribution in [2.75, 3.05) is 13.2 Å². The summed E-state index contributed by atoms with van der Waals surface area (Å²) in [4.78, 5) is 12.9. The van der Waals surface area contributed by atoms with Crippen LogP contribution in [0, 0.1) is 17.3 Å². The summed E-state index contributed by atoms with van der Waals surface area (Å²) in [5, 5.41) is 3.61. The Morgan fingerprint density at radius 1 is 1.16 bits per heavy atom. The molecule has 0 aromatic heterocycles. The molecule has 1 N–H and O–H groups in total. The van der Waals surface area contributed by atoms with Gasteiger partial charge >= 0.3 is 5.97 Å². The fourth-order valence-electron chi connectivity index (χ4n) is 6.05. The standard InChI is InChI=1S/C27H35NO4/c1-17-9-8-12-27(4)14-23-19(13-21(17)27)20(25(29)31-23)15-28-22-16-30-26(2,3)32-24(22)18-10-6-5-7-11-18/h5-7,9-11,13,19-20,22-24,28H,8,12,14-16H2,1-4H3/t19-,20+,22+,23+,24-,27-/m0/s1. The number of hydrogen-bond acceptors (Lipinski definition) is 5. The second-order valence-corrected chi connectivity index (χ2v) is 10.6. The van der Waals surface area contributed by atoms with Crippen molar-refractivity contribution < 1.29 is 19.0 Å². The zero-order chi connectivity index (χ0) is 22.5. The number of rotatable bonds is 4. The maximum Gasteiger partial charge on any atom is 0.311 e. The first-order valence-corrected chi connectivity index (χ1v) is 12.0. The van der Waals surface area contributed by atoms with Crippen LogP contribution in [-0.4, -0.2) is 37.1 Å². The minimum absolute atomic E-state index is 0.0170. The van der Waals surface area contributed by atoms with Crippen LogP contribution in [0.3, 0.4) is 0 Å². The number of esters is 1. The van der Waals surface area contributed by atoms with E-state index in [9.17, 15) is 4.79 Å². The van der Waals surface area contributed by atoms with Gasteiger partial charge in [0.15, 0.2) is 5.79 Å². The van der Waals surface area contributed by atoms with Crippen molar-refractivity contribution in [3.63, 3.8) is 0 Å². The average molecular weight is 438 g/mol. The number of ether oxygens (including phenoxy) is 3. The molecule has 0 bridgehead atoms. The molecule has 2 fully saturated rings. The summed E-state index contributed by atoms with van der Waals surface area (Å²) in [6.45, 7) is 9.52. The Hall–Kier alpha value is -1.95. The second-order valence-electron chi connectivity index (χ2n) is 10.6. The minimum atomic E-state index is -0.640. The minimum Gasteiger partial charge on any atom is -0.461 e. The number of fused-ring (bicyclic) bond motifs is 2. The lowest BCUT2D eigenvalue weighted by Gasteiger charge is -2.43. The summed E-state index contributed by atoms with van der Waals surface area (Å²) in [7, 11) is 0. The summed E-state index contributed by atoms with van der Waals surface area (Å²) in [6, 6.07) is 10.2. The lowest BCUT2D eigenvalue weighted by Crippen LogP contribution is -2.52. The third-order valence-electron chi connectivity index (χ3n) is 7.81. The van der Waals surface area contributed by atoms with Gasteiger partial charge in [0, 0.05) is 12.5 Å². The van der Waals surface area contributed by atoms with Crippen LogP contribution in [0.4, 0.5) is 0 Å². The molecule has 5 nitrogen and oxygen atoms in total. The molecule has 0 amide bonds. The predicted octanol–water partition coefficient (Wildman–Crippen LogP) is 4.70. The van der Waals surface area contributed by atoms with Gasteiger partial charge in [0.1, 0.15) is 12.2 Å². The third-order valence-corrected chi connectivity index (χ3v) is 7.81. The maximum atomic E-state index is 12.9. The highest BCUT2D eigenvalue weighted by atomic mass is 16.7. The van der Waals surface area contributed by atoms with Crippen molar-refractivity contribution >= 4 is 5.97 Å². The zero-order valence-electron chi connectivity index (χ0n) is 19.6. The van der Waals surface area contributed by atoms with E-state index in [1.807, 2.05) is 32.0 Å². The Kier molecular flexibility index (Phi) is 5.55. The Labute approximate surface area is 191 Å². The number of allylic oxidation sites excluding steroid dienone is 3. The van der Waals surface area contributed by atoms with Crippen LogP contribution in [0.1, 0.15) is 58.6 Å². The molecule has 2 aliphatic heterocycles. The van der Waals surface area contributed by atoms with Crippen molar-refractivity contribution in [2.24, 2.45) is 17.3 Å². The van der Waals surface area contributed by atoms with E-state index in [1.165, 1.54) is 11.1 Å². The monoisotopic (exact) mass is 437 g/mol. The van der Waals surface area contributed by atoms with E-state index < -0.39 is 5.79 Å². The van der Waals surface area contributed by atoms with Gasteiger partial charge in [-0.25, -0.2) is 0 Å². The molecule has 0 unspecified atom stereocenters. The van der Waals surface area contributed by atoms with Crippen molar-refractivity contribution in [3.8, 4) is 0 Å². The van der Waals surface area contributed by atoms with E-state index in [0.29, 0.717) is 13.2 Å².